The molecule has 0 fully saturated rings. The van der Waals surface area contributed by atoms with Crippen LogP contribution in [0, 0.1) is 0 Å². The third kappa shape index (κ3) is 2.45. The van der Waals surface area contributed by atoms with E-state index < -0.39 is 0 Å². The number of aliphatic hydroxyl groups excluding tert-OH is 1. The number of azide groups is 1. The Hall–Kier alpha value is -1.58. The molecule has 1 aromatic rings. The van der Waals surface area contributed by atoms with Crippen LogP contribution in [0.25, 0.3) is 10.4 Å². The van der Waals surface area contributed by atoms with E-state index in [-0.39, 0.29) is 13.2 Å². The minimum Gasteiger partial charge on any atom is -0.392 e. The second-order valence-corrected chi connectivity index (χ2v) is 2.85. The highest BCUT2D eigenvalue weighted by atomic mass is 16.3. The van der Waals surface area contributed by atoms with Gasteiger partial charge in [0.2, 0.25) is 0 Å². The number of aliphatic hydroxyl groups is 1. The van der Waals surface area contributed by atoms with Crippen LogP contribution in [0.15, 0.2) is 17.4 Å². The van der Waals surface area contributed by atoms with Gasteiger partial charge in [0.15, 0.2) is 0 Å². The standard InChI is InChI=1S/C9H12N4O/c1-2-8-3-7(6-14)4-11-9(8)5-12-13-10/h3-4,14H,2,5-6H2,1H3. The Morgan fingerprint density at radius 2 is 2.43 bits per heavy atom. The van der Waals surface area contributed by atoms with E-state index in [1.54, 1.807) is 6.20 Å². The summed E-state index contributed by atoms with van der Waals surface area (Å²) in [6.07, 6.45) is 2.42. The Balaban J connectivity index is 2.98. The summed E-state index contributed by atoms with van der Waals surface area (Å²) >= 11 is 0. The van der Waals surface area contributed by atoms with E-state index in [1.807, 2.05) is 13.0 Å². The minimum absolute atomic E-state index is 0.0121. The van der Waals surface area contributed by atoms with E-state index in [2.05, 4.69) is 15.0 Å². The van der Waals surface area contributed by atoms with E-state index in [9.17, 15) is 0 Å². The van der Waals surface area contributed by atoms with Crippen LogP contribution in [0.5, 0.6) is 0 Å². The predicted octanol–water partition coefficient (Wildman–Crippen LogP) is 1.95. The fraction of sp³-hybridized carbons (Fsp3) is 0.444. The summed E-state index contributed by atoms with van der Waals surface area (Å²) in [6.45, 7) is 2.25. The number of hydrogen-bond acceptors (Lipinski definition) is 3. The molecular weight excluding hydrogens is 180 g/mol. The zero-order chi connectivity index (χ0) is 10.4. The Kier molecular flexibility index (Phi) is 3.91. The number of nitrogens with zero attached hydrogens (tertiary/aromatic N) is 4. The van der Waals surface area contributed by atoms with Crippen LogP contribution < -0.4 is 0 Å². The smallest absolute Gasteiger partial charge is 0.0696 e. The maximum absolute atomic E-state index is 8.90. The van der Waals surface area contributed by atoms with Crippen LogP contribution in [-0.4, -0.2) is 10.1 Å². The van der Waals surface area contributed by atoms with Crippen LogP contribution in [0.2, 0.25) is 0 Å². The van der Waals surface area contributed by atoms with Crippen LogP contribution in [0.1, 0.15) is 23.7 Å². The number of rotatable bonds is 4. The van der Waals surface area contributed by atoms with Crippen molar-refractivity contribution in [3.8, 4) is 0 Å². The molecule has 0 aromatic carbocycles. The first-order valence-corrected chi connectivity index (χ1v) is 4.40. The molecule has 14 heavy (non-hydrogen) atoms. The topological polar surface area (TPSA) is 81.9 Å². The number of hydrogen-bond donors (Lipinski definition) is 1. The fourth-order valence-corrected chi connectivity index (χ4v) is 1.22. The highest BCUT2D eigenvalue weighted by molar-refractivity contribution is 5.25. The third-order valence-electron chi connectivity index (χ3n) is 1.96. The molecule has 1 N–H and O–H groups in total. The number of pyridine rings is 1. The van der Waals surface area contributed by atoms with Crippen molar-refractivity contribution in [2.24, 2.45) is 5.11 Å². The van der Waals surface area contributed by atoms with E-state index in [1.165, 1.54) is 0 Å². The Labute approximate surface area is 82.0 Å². The van der Waals surface area contributed by atoms with Crippen LogP contribution in [-0.2, 0) is 19.6 Å². The normalized spacial score (nSPS) is 9.57. The van der Waals surface area contributed by atoms with Crippen molar-refractivity contribution >= 4 is 0 Å². The summed E-state index contributed by atoms with van der Waals surface area (Å²) in [5.74, 6) is 0. The summed E-state index contributed by atoms with van der Waals surface area (Å²) in [4.78, 5) is 6.82. The summed E-state index contributed by atoms with van der Waals surface area (Å²) in [5.41, 5.74) is 10.8. The van der Waals surface area contributed by atoms with Gasteiger partial charge in [-0.1, -0.05) is 18.1 Å². The molecule has 0 spiro atoms. The molecule has 1 aromatic heterocycles. The van der Waals surface area contributed by atoms with Crippen molar-refractivity contribution in [2.45, 2.75) is 26.5 Å². The first kappa shape index (κ1) is 10.5. The summed E-state index contributed by atoms with van der Waals surface area (Å²) < 4.78 is 0. The molecule has 5 heteroatoms. The van der Waals surface area contributed by atoms with Gasteiger partial charge in [-0.2, -0.15) is 0 Å². The van der Waals surface area contributed by atoms with Gasteiger partial charge in [-0.3, -0.25) is 4.98 Å². The third-order valence-corrected chi connectivity index (χ3v) is 1.96. The lowest BCUT2D eigenvalue weighted by Crippen LogP contribution is -1.98. The SMILES string of the molecule is CCc1cc(CO)cnc1CN=[N+]=[N-]. The van der Waals surface area contributed by atoms with E-state index >= 15 is 0 Å². The van der Waals surface area contributed by atoms with Crippen molar-refractivity contribution in [2.75, 3.05) is 0 Å². The van der Waals surface area contributed by atoms with Crippen molar-refractivity contribution in [3.05, 3.63) is 39.5 Å². The molecule has 5 nitrogen and oxygen atoms in total. The maximum atomic E-state index is 8.90. The van der Waals surface area contributed by atoms with Gasteiger partial charge in [-0.25, -0.2) is 0 Å². The average molecular weight is 192 g/mol. The second kappa shape index (κ2) is 5.21. The first-order valence-electron chi connectivity index (χ1n) is 4.40. The molecule has 1 heterocycles. The molecule has 74 valence electrons. The van der Waals surface area contributed by atoms with Crippen LogP contribution >= 0.6 is 0 Å². The second-order valence-electron chi connectivity index (χ2n) is 2.85. The number of aryl methyl sites for hydroxylation is 1. The fourth-order valence-electron chi connectivity index (χ4n) is 1.22. The van der Waals surface area contributed by atoms with Crippen molar-refractivity contribution in [1.82, 2.24) is 4.98 Å². The first-order chi connectivity index (χ1) is 6.81. The van der Waals surface area contributed by atoms with Crippen LogP contribution in [0.3, 0.4) is 0 Å². The highest BCUT2D eigenvalue weighted by Crippen LogP contribution is 2.11. The minimum atomic E-state index is -0.0121. The van der Waals surface area contributed by atoms with E-state index in [0.29, 0.717) is 0 Å². The zero-order valence-electron chi connectivity index (χ0n) is 8.01. The molecule has 0 unspecified atom stereocenters. The lowest BCUT2D eigenvalue weighted by atomic mass is 10.1. The molecule has 0 amide bonds. The lowest BCUT2D eigenvalue weighted by molar-refractivity contribution is 0.281. The average Bonchev–Trinajstić information content (AvgIpc) is 2.26. The number of aromatic nitrogens is 1. The molecule has 0 saturated carbocycles. The quantitative estimate of drug-likeness (QED) is 0.449. The lowest BCUT2D eigenvalue weighted by Gasteiger charge is -2.05. The Morgan fingerprint density at radius 3 is 3.00 bits per heavy atom. The maximum Gasteiger partial charge on any atom is 0.0696 e. The summed E-state index contributed by atoms with van der Waals surface area (Å²) in [7, 11) is 0. The highest BCUT2D eigenvalue weighted by Gasteiger charge is 2.02. The Bertz CT molecular complexity index is 358. The van der Waals surface area contributed by atoms with E-state index in [4.69, 9.17) is 10.6 Å². The largest absolute Gasteiger partial charge is 0.392 e. The predicted molar refractivity (Wildman–Crippen MR) is 52.4 cm³/mol. The van der Waals surface area contributed by atoms with E-state index in [0.717, 1.165) is 23.2 Å². The van der Waals surface area contributed by atoms with Gasteiger partial charge in [-0.05, 0) is 23.1 Å². The van der Waals surface area contributed by atoms with Gasteiger partial charge in [0.1, 0.15) is 0 Å². The molecule has 0 aliphatic heterocycles. The van der Waals surface area contributed by atoms with Crippen LogP contribution in [0.4, 0.5) is 0 Å². The molecule has 0 aliphatic rings. The van der Waals surface area contributed by atoms with Crippen molar-refractivity contribution in [3.63, 3.8) is 0 Å². The van der Waals surface area contributed by atoms with Crippen molar-refractivity contribution < 1.29 is 5.11 Å². The monoisotopic (exact) mass is 192 g/mol. The molecule has 0 bridgehead atoms. The molecule has 0 saturated heterocycles. The van der Waals surface area contributed by atoms with Gasteiger partial charge < -0.3 is 5.11 Å². The summed E-state index contributed by atoms with van der Waals surface area (Å²) in [5, 5.41) is 12.4. The van der Waals surface area contributed by atoms with Crippen molar-refractivity contribution in [1.29, 1.82) is 0 Å². The molecule has 0 atom stereocenters. The molecule has 0 radical (unpaired) electrons. The molecule has 1 rings (SSSR count). The Morgan fingerprint density at radius 1 is 1.64 bits per heavy atom. The molecular formula is C9H12N4O. The van der Waals surface area contributed by atoms with Gasteiger partial charge in [0.05, 0.1) is 13.2 Å². The summed E-state index contributed by atoms with van der Waals surface area (Å²) in [6, 6.07) is 1.88. The zero-order valence-corrected chi connectivity index (χ0v) is 8.01. The van der Waals surface area contributed by atoms with Gasteiger partial charge in [-0.15, -0.1) is 0 Å². The molecule has 0 aliphatic carbocycles. The van der Waals surface area contributed by atoms with Gasteiger partial charge >= 0.3 is 0 Å². The van der Waals surface area contributed by atoms with Gasteiger partial charge in [0.25, 0.3) is 0 Å². The van der Waals surface area contributed by atoms with Gasteiger partial charge in [0, 0.05) is 16.8 Å².